The second-order valence-electron chi connectivity index (χ2n) is 6.68. The molecule has 1 aliphatic heterocycles. The van der Waals surface area contributed by atoms with E-state index in [1.807, 2.05) is 49.3 Å². The first kappa shape index (κ1) is 20.0. The average molecular weight is 405 g/mol. The summed E-state index contributed by atoms with van der Waals surface area (Å²) < 4.78 is 0. The molecule has 0 aliphatic carbocycles. The Balaban J connectivity index is 1.55. The van der Waals surface area contributed by atoms with Gasteiger partial charge < -0.3 is 9.80 Å². The zero-order valence-electron chi connectivity index (χ0n) is 16.0. The number of piperazine rings is 1. The molecule has 0 N–H and O–H groups in total. The van der Waals surface area contributed by atoms with E-state index in [-0.39, 0.29) is 5.91 Å². The molecule has 1 fully saturated rings. The number of halogens is 1. The van der Waals surface area contributed by atoms with Gasteiger partial charge in [0.1, 0.15) is 0 Å². The van der Waals surface area contributed by atoms with E-state index in [9.17, 15) is 4.79 Å². The topological polar surface area (TPSA) is 49.3 Å². The van der Waals surface area contributed by atoms with Crippen molar-refractivity contribution in [3.63, 3.8) is 0 Å². The van der Waals surface area contributed by atoms with E-state index in [0.29, 0.717) is 12.8 Å². The fourth-order valence-electron chi connectivity index (χ4n) is 3.46. The van der Waals surface area contributed by atoms with Crippen molar-refractivity contribution in [3.8, 4) is 0 Å². The van der Waals surface area contributed by atoms with Gasteiger partial charge in [-0.1, -0.05) is 35.5 Å². The molecule has 0 atom stereocenters. The molecule has 0 spiro atoms. The van der Waals surface area contributed by atoms with Gasteiger partial charge in [0, 0.05) is 44.0 Å². The number of thioether (sulfide) groups is 1. The van der Waals surface area contributed by atoms with Gasteiger partial charge in [0.05, 0.1) is 10.7 Å². The monoisotopic (exact) mass is 404 g/mol. The summed E-state index contributed by atoms with van der Waals surface area (Å²) in [6.07, 6.45) is 3.16. The second-order valence-corrected chi connectivity index (χ2v) is 7.86. The van der Waals surface area contributed by atoms with Crippen molar-refractivity contribution in [2.45, 2.75) is 31.8 Å². The van der Waals surface area contributed by atoms with Crippen LogP contribution in [0.1, 0.15) is 23.4 Å². The molecule has 2 heterocycles. The molecule has 7 heteroatoms. The standard InChI is InChI=1S/C20H25ClN4OS/c1-14-16(15(2)23-20(22-14)27-3)8-9-19(26)25-12-10-24(11-13-25)18-7-5-4-6-17(18)21/h4-7H,8-13H2,1-3H3. The molecule has 0 bridgehead atoms. The summed E-state index contributed by atoms with van der Waals surface area (Å²) in [4.78, 5) is 25.9. The maximum absolute atomic E-state index is 12.7. The number of carbonyl (C=O) groups is 1. The Labute approximate surface area is 170 Å². The third-order valence-corrected chi connectivity index (χ3v) is 5.86. The van der Waals surface area contributed by atoms with Crippen molar-refractivity contribution in [2.75, 3.05) is 37.3 Å². The Hall–Kier alpha value is -1.79. The number of benzene rings is 1. The molecule has 1 aromatic heterocycles. The summed E-state index contributed by atoms with van der Waals surface area (Å²) in [5.74, 6) is 0.196. The number of amides is 1. The van der Waals surface area contributed by atoms with Gasteiger partial charge in [-0.3, -0.25) is 4.79 Å². The van der Waals surface area contributed by atoms with Crippen LogP contribution < -0.4 is 4.90 Å². The molecule has 1 saturated heterocycles. The van der Waals surface area contributed by atoms with Gasteiger partial charge in [0.15, 0.2) is 5.16 Å². The van der Waals surface area contributed by atoms with Crippen LogP contribution in [-0.2, 0) is 11.2 Å². The van der Waals surface area contributed by atoms with Crippen molar-refractivity contribution >= 4 is 35.0 Å². The fourth-order valence-corrected chi connectivity index (χ4v) is 4.17. The summed E-state index contributed by atoms with van der Waals surface area (Å²) in [6, 6.07) is 7.87. The van der Waals surface area contributed by atoms with Crippen LogP contribution in [0.15, 0.2) is 29.4 Å². The summed E-state index contributed by atoms with van der Waals surface area (Å²) in [6.45, 7) is 7.05. The van der Waals surface area contributed by atoms with Gasteiger partial charge in [0.25, 0.3) is 0 Å². The molecule has 3 rings (SSSR count). The van der Waals surface area contributed by atoms with E-state index in [2.05, 4.69) is 14.9 Å². The molecular weight excluding hydrogens is 380 g/mol. The maximum atomic E-state index is 12.7. The molecule has 1 aliphatic rings. The van der Waals surface area contributed by atoms with Crippen LogP contribution in [0.2, 0.25) is 5.02 Å². The largest absolute Gasteiger partial charge is 0.367 e. The van der Waals surface area contributed by atoms with Crippen molar-refractivity contribution in [1.29, 1.82) is 0 Å². The maximum Gasteiger partial charge on any atom is 0.223 e. The molecule has 144 valence electrons. The predicted octanol–water partition coefficient (Wildman–Crippen LogP) is 3.75. The Kier molecular flexibility index (Phi) is 6.60. The number of aromatic nitrogens is 2. The van der Waals surface area contributed by atoms with Crippen LogP contribution >= 0.6 is 23.4 Å². The Morgan fingerprint density at radius 3 is 2.33 bits per heavy atom. The molecule has 2 aromatic rings. The lowest BCUT2D eigenvalue weighted by Gasteiger charge is -2.36. The number of nitrogens with zero attached hydrogens (tertiary/aromatic N) is 4. The van der Waals surface area contributed by atoms with Gasteiger partial charge in [-0.05, 0) is 44.2 Å². The highest BCUT2D eigenvalue weighted by Crippen LogP contribution is 2.26. The predicted molar refractivity (Wildman–Crippen MR) is 112 cm³/mol. The van der Waals surface area contributed by atoms with Crippen molar-refractivity contribution < 1.29 is 4.79 Å². The molecule has 1 aromatic carbocycles. The number of para-hydroxylation sites is 1. The smallest absolute Gasteiger partial charge is 0.223 e. The highest BCUT2D eigenvalue weighted by Gasteiger charge is 2.22. The quantitative estimate of drug-likeness (QED) is 0.561. The Morgan fingerprint density at radius 2 is 1.74 bits per heavy atom. The Morgan fingerprint density at radius 1 is 1.11 bits per heavy atom. The SMILES string of the molecule is CSc1nc(C)c(CCC(=O)N2CCN(c3ccccc3Cl)CC2)c(C)n1. The van der Waals surface area contributed by atoms with Crippen LogP contribution in [0.4, 0.5) is 5.69 Å². The van der Waals surface area contributed by atoms with E-state index < -0.39 is 0 Å². The second kappa shape index (κ2) is 8.93. The molecule has 0 saturated carbocycles. The number of carbonyl (C=O) groups excluding carboxylic acids is 1. The number of hydrogen-bond acceptors (Lipinski definition) is 5. The van der Waals surface area contributed by atoms with Gasteiger partial charge in [-0.2, -0.15) is 0 Å². The minimum Gasteiger partial charge on any atom is -0.367 e. The summed E-state index contributed by atoms with van der Waals surface area (Å²) in [7, 11) is 0. The first-order valence-electron chi connectivity index (χ1n) is 9.15. The van der Waals surface area contributed by atoms with Gasteiger partial charge in [-0.15, -0.1) is 0 Å². The summed E-state index contributed by atoms with van der Waals surface area (Å²) in [5, 5.41) is 1.55. The van der Waals surface area contributed by atoms with Crippen LogP contribution in [0.5, 0.6) is 0 Å². The molecule has 5 nitrogen and oxygen atoms in total. The van der Waals surface area contributed by atoms with Crippen LogP contribution in [-0.4, -0.2) is 53.2 Å². The zero-order valence-corrected chi connectivity index (χ0v) is 17.6. The van der Waals surface area contributed by atoms with Gasteiger partial charge in [0.2, 0.25) is 5.91 Å². The number of anilines is 1. The third-order valence-electron chi connectivity index (χ3n) is 5.00. The lowest BCUT2D eigenvalue weighted by atomic mass is 10.1. The van der Waals surface area contributed by atoms with Crippen LogP contribution in [0.25, 0.3) is 0 Å². The van der Waals surface area contributed by atoms with E-state index >= 15 is 0 Å². The zero-order chi connectivity index (χ0) is 19.4. The summed E-state index contributed by atoms with van der Waals surface area (Å²) in [5.41, 5.74) is 4.09. The van der Waals surface area contributed by atoms with E-state index in [1.165, 1.54) is 0 Å². The van der Waals surface area contributed by atoms with Gasteiger partial charge in [-0.25, -0.2) is 9.97 Å². The molecule has 1 amide bonds. The normalized spacial score (nSPS) is 14.5. The van der Waals surface area contributed by atoms with Crippen molar-refractivity contribution in [1.82, 2.24) is 14.9 Å². The lowest BCUT2D eigenvalue weighted by molar-refractivity contribution is -0.131. The van der Waals surface area contributed by atoms with Crippen LogP contribution in [0, 0.1) is 13.8 Å². The summed E-state index contributed by atoms with van der Waals surface area (Å²) >= 11 is 7.83. The Bertz CT molecular complexity index is 798. The van der Waals surface area contributed by atoms with E-state index in [4.69, 9.17) is 11.6 Å². The lowest BCUT2D eigenvalue weighted by Crippen LogP contribution is -2.49. The molecular formula is C20H25ClN4OS. The first-order chi connectivity index (χ1) is 13.0. The average Bonchev–Trinajstić information content (AvgIpc) is 2.67. The highest BCUT2D eigenvalue weighted by atomic mass is 35.5. The molecule has 27 heavy (non-hydrogen) atoms. The fraction of sp³-hybridized carbons (Fsp3) is 0.450. The minimum absolute atomic E-state index is 0.196. The van der Waals surface area contributed by atoms with Crippen molar-refractivity contribution in [2.24, 2.45) is 0 Å². The number of rotatable bonds is 5. The highest BCUT2D eigenvalue weighted by molar-refractivity contribution is 7.98. The van der Waals surface area contributed by atoms with Crippen LogP contribution in [0.3, 0.4) is 0 Å². The minimum atomic E-state index is 0.196. The third kappa shape index (κ3) is 4.74. The first-order valence-corrected chi connectivity index (χ1v) is 10.7. The molecule has 0 unspecified atom stereocenters. The van der Waals surface area contributed by atoms with E-state index in [1.54, 1.807) is 11.8 Å². The molecule has 0 radical (unpaired) electrons. The number of hydrogen-bond donors (Lipinski definition) is 0. The van der Waals surface area contributed by atoms with Crippen molar-refractivity contribution in [3.05, 3.63) is 46.2 Å². The van der Waals surface area contributed by atoms with Gasteiger partial charge >= 0.3 is 0 Å². The number of aryl methyl sites for hydroxylation is 2. The van der Waals surface area contributed by atoms with E-state index in [0.717, 1.165) is 59.0 Å².